The third kappa shape index (κ3) is 4.10. The fourth-order valence-corrected chi connectivity index (χ4v) is 2.64. The highest BCUT2D eigenvalue weighted by atomic mass is 32.1. The molecule has 0 radical (unpaired) electrons. The van der Waals surface area contributed by atoms with Gasteiger partial charge in [-0.1, -0.05) is 0 Å². The zero-order valence-electron chi connectivity index (χ0n) is 13.0. The first-order valence-electron chi connectivity index (χ1n) is 7.10. The summed E-state index contributed by atoms with van der Waals surface area (Å²) < 4.78 is 77.5. The van der Waals surface area contributed by atoms with E-state index in [4.69, 9.17) is 0 Å². The van der Waals surface area contributed by atoms with E-state index in [2.05, 4.69) is 15.4 Å². The lowest BCUT2D eigenvalue weighted by molar-refractivity contribution is -0.143. The first-order valence-corrected chi connectivity index (χ1v) is 7.98. The summed E-state index contributed by atoms with van der Waals surface area (Å²) in [5.41, 5.74) is -1.76. The van der Waals surface area contributed by atoms with E-state index in [-0.39, 0.29) is 22.1 Å². The molecule has 0 unspecified atom stereocenters. The lowest BCUT2D eigenvalue weighted by atomic mass is 10.2. The van der Waals surface area contributed by atoms with Crippen molar-refractivity contribution < 1.29 is 31.1 Å². The molecule has 1 amide bonds. The van der Waals surface area contributed by atoms with Crippen molar-refractivity contribution in [2.45, 2.75) is 12.4 Å². The Hall–Kier alpha value is -2.89. The number of aromatic nitrogens is 3. The molecule has 27 heavy (non-hydrogen) atoms. The summed E-state index contributed by atoms with van der Waals surface area (Å²) in [6.45, 7) is 0. The number of nitrogens with zero attached hydrogens (tertiary/aromatic N) is 3. The second kappa shape index (κ2) is 6.68. The number of hydrogen-bond donors (Lipinski definition) is 1. The molecule has 0 saturated heterocycles. The number of carbonyl (C=O) groups is 1. The molecular weight excluding hydrogens is 398 g/mol. The summed E-state index contributed by atoms with van der Waals surface area (Å²) in [5, 5.41) is 5.52. The molecule has 0 saturated carbocycles. The van der Waals surface area contributed by atoms with E-state index in [9.17, 15) is 31.1 Å². The smallest absolute Gasteiger partial charge is 0.321 e. The van der Waals surface area contributed by atoms with E-state index in [1.54, 1.807) is 0 Å². The molecule has 2 aromatic heterocycles. The predicted octanol–water partition coefficient (Wildman–Crippen LogP) is 4.62. The van der Waals surface area contributed by atoms with E-state index < -0.39 is 29.6 Å². The van der Waals surface area contributed by atoms with Crippen LogP contribution in [0.4, 0.5) is 32.0 Å². The second-order valence-electron chi connectivity index (χ2n) is 5.19. The summed E-state index contributed by atoms with van der Waals surface area (Å²) in [5.74, 6) is -0.473. The zero-order valence-corrected chi connectivity index (χ0v) is 13.8. The number of rotatable bonds is 3. The molecule has 5 nitrogen and oxygen atoms in total. The quantitative estimate of drug-likeness (QED) is 0.646. The van der Waals surface area contributed by atoms with Gasteiger partial charge >= 0.3 is 12.4 Å². The highest BCUT2D eigenvalue weighted by Gasteiger charge is 2.42. The molecular formula is C15H8F6N4OS. The van der Waals surface area contributed by atoms with Crippen molar-refractivity contribution in [2.24, 2.45) is 0 Å². The van der Waals surface area contributed by atoms with Crippen molar-refractivity contribution in [1.29, 1.82) is 0 Å². The van der Waals surface area contributed by atoms with E-state index in [0.717, 1.165) is 23.5 Å². The van der Waals surface area contributed by atoms with Crippen LogP contribution in [0.5, 0.6) is 0 Å². The maximum absolute atomic E-state index is 13.1. The summed E-state index contributed by atoms with van der Waals surface area (Å²) in [7, 11) is 0. The Balaban J connectivity index is 1.91. The summed E-state index contributed by atoms with van der Waals surface area (Å²) in [6.07, 6.45) is -8.71. The molecule has 0 bridgehead atoms. The minimum absolute atomic E-state index is 0.0561. The molecule has 12 heteroatoms. The molecule has 0 spiro atoms. The Morgan fingerprint density at radius 3 is 2.22 bits per heavy atom. The van der Waals surface area contributed by atoms with Crippen molar-refractivity contribution in [3.8, 4) is 5.69 Å². The second-order valence-corrected chi connectivity index (χ2v) is 6.08. The molecule has 142 valence electrons. The lowest BCUT2D eigenvalue weighted by Crippen LogP contribution is -2.14. The molecule has 0 aliphatic heterocycles. The van der Waals surface area contributed by atoms with Crippen LogP contribution in [0, 0.1) is 0 Å². The number of alkyl halides is 6. The number of amides is 1. The Morgan fingerprint density at radius 1 is 1.04 bits per heavy atom. The van der Waals surface area contributed by atoms with Gasteiger partial charge in [0.05, 0.1) is 17.4 Å². The van der Waals surface area contributed by atoms with E-state index in [1.165, 1.54) is 23.8 Å². The highest BCUT2D eigenvalue weighted by molar-refractivity contribution is 7.11. The van der Waals surface area contributed by atoms with Crippen LogP contribution in [0.3, 0.4) is 0 Å². The van der Waals surface area contributed by atoms with Gasteiger partial charge in [0, 0.05) is 11.8 Å². The average Bonchev–Trinajstić information content (AvgIpc) is 3.24. The third-order valence-corrected chi connectivity index (χ3v) is 4.09. The summed E-state index contributed by atoms with van der Waals surface area (Å²) >= 11 is 1.09. The Morgan fingerprint density at radius 2 is 1.70 bits per heavy atom. The minimum Gasteiger partial charge on any atom is -0.321 e. The first-order chi connectivity index (χ1) is 12.6. The van der Waals surface area contributed by atoms with Gasteiger partial charge in [0.15, 0.2) is 5.69 Å². The normalized spacial score (nSPS) is 12.2. The SMILES string of the molecule is O=C(Nc1ccc(-n2nc(C(F)(F)F)cc2C(F)(F)F)cc1)c1cncs1. The van der Waals surface area contributed by atoms with Gasteiger partial charge in [-0.25, -0.2) is 4.68 Å². The number of carbonyl (C=O) groups excluding carboxylic acids is 1. The van der Waals surface area contributed by atoms with Gasteiger partial charge in [-0.05, 0) is 24.3 Å². The molecule has 0 aliphatic carbocycles. The fraction of sp³-hybridized carbons (Fsp3) is 0.133. The van der Waals surface area contributed by atoms with Crippen molar-refractivity contribution >= 4 is 22.9 Å². The van der Waals surface area contributed by atoms with Crippen LogP contribution in [-0.2, 0) is 12.4 Å². The largest absolute Gasteiger partial charge is 0.435 e. The van der Waals surface area contributed by atoms with Crippen molar-refractivity contribution in [3.63, 3.8) is 0 Å². The van der Waals surface area contributed by atoms with Gasteiger partial charge in [0.25, 0.3) is 5.91 Å². The van der Waals surface area contributed by atoms with Gasteiger partial charge in [-0.15, -0.1) is 11.3 Å². The van der Waals surface area contributed by atoms with Gasteiger partial charge in [0.1, 0.15) is 10.6 Å². The number of nitrogens with one attached hydrogen (secondary N) is 1. The standard InChI is InChI=1S/C15H8F6N4OS/c16-14(17,18)11-5-12(15(19,20)21)25(24-11)9-3-1-8(2-4-9)23-13(26)10-6-22-7-27-10/h1-7H,(H,23,26). The summed E-state index contributed by atoms with van der Waals surface area (Å²) in [4.78, 5) is 16.0. The van der Waals surface area contributed by atoms with Crippen LogP contribution in [0.25, 0.3) is 5.69 Å². The van der Waals surface area contributed by atoms with Gasteiger partial charge in [-0.3, -0.25) is 9.78 Å². The molecule has 0 fully saturated rings. The van der Waals surface area contributed by atoms with Crippen LogP contribution >= 0.6 is 11.3 Å². The van der Waals surface area contributed by atoms with Gasteiger partial charge in [0.2, 0.25) is 0 Å². The maximum atomic E-state index is 13.1. The fourth-order valence-electron chi connectivity index (χ4n) is 2.12. The molecule has 0 aliphatic rings. The molecule has 2 heterocycles. The number of thiazole rings is 1. The number of benzene rings is 1. The van der Waals surface area contributed by atoms with Crippen LogP contribution in [0.15, 0.2) is 42.0 Å². The van der Waals surface area contributed by atoms with Gasteiger partial charge < -0.3 is 5.32 Å². The topological polar surface area (TPSA) is 59.8 Å². The predicted molar refractivity (Wildman–Crippen MR) is 83.6 cm³/mol. The molecule has 3 rings (SSSR count). The van der Waals surface area contributed by atoms with Crippen LogP contribution in [-0.4, -0.2) is 20.7 Å². The Bertz CT molecular complexity index is 944. The average molecular weight is 406 g/mol. The van der Waals surface area contributed by atoms with E-state index in [0.29, 0.717) is 4.88 Å². The highest BCUT2D eigenvalue weighted by Crippen LogP contribution is 2.36. The molecule has 1 N–H and O–H groups in total. The van der Waals surface area contributed by atoms with Crippen LogP contribution < -0.4 is 5.32 Å². The lowest BCUT2D eigenvalue weighted by Gasteiger charge is -2.11. The zero-order chi connectivity index (χ0) is 19.8. The monoisotopic (exact) mass is 406 g/mol. The van der Waals surface area contributed by atoms with Crippen molar-refractivity contribution in [3.05, 3.63) is 58.3 Å². The maximum Gasteiger partial charge on any atom is 0.435 e. The summed E-state index contributed by atoms with van der Waals surface area (Å²) in [6, 6.07) is 4.68. The molecule has 3 aromatic rings. The Kier molecular flexibility index (Phi) is 4.68. The van der Waals surface area contributed by atoms with Crippen LogP contribution in [0.1, 0.15) is 21.1 Å². The Labute approximate surface area is 151 Å². The number of anilines is 1. The van der Waals surface area contributed by atoms with Crippen LogP contribution in [0.2, 0.25) is 0 Å². The number of hydrogen-bond acceptors (Lipinski definition) is 4. The van der Waals surface area contributed by atoms with Gasteiger partial charge in [-0.2, -0.15) is 31.4 Å². The van der Waals surface area contributed by atoms with Crippen molar-refractivity contribution in [1.82, 2.24) is 14.8 Å². The minimum atomic E-state index is -5.03. The number of halogens is 6. The van der Waals surface area contributed by atoms with Crippen molar-refractivity contribution in [2.75, 3.05) is 5.32 Å². The molecule has 1 aromatic carbocycles. The molecule has 0 atom stereocenters. The van der Waals surface area contributed by atoms with E-state index >= 15 is 0 Å². The first kappa shape index (κ1) is 18.9. The van der Waals surface area contributed by atoms with E-state index in [1.807, 2.05) is 0 Å². The third-order valence-electron chi connectivity index (χ3n) is 3.32.